The van der Waals surface area contributed by atoms with Crippen molar-refractivity contribution in [1.29, 1.82) is 0 Å². The SMILES string of the molecule is C#CCOc1ccc([C@H](O)CC)cc1. The Kier molecular flexibility index (Phi) is 4.03. The van der Waals surface area contributed by atoms with Crippen LogP contribution in [-0.2, 0) is 0 Å². The zero-order chi connectivity index (χ0) is 10.4. The fourth-order valence-electron chi connectivity index (χ4n) is 1.15. The summed E-state index contributed by atoms with van der Waals surface area (Å²) in [4.78, 5) is 0. The molecule has 0 aromatic heterocycles. The van der Waals surface area contributed by atoms with Crippen LogP contribution in [0.15, 0.2) is 24.3 Å². The lowest BCUT2D eigenvalue weighted by Gasteiger charge is -2.08. The Morgan fingerprint density at radius 2 is 2.07 bits per heavy atom. The van der Waals surface area contributed by atoms with E-state index >= 15 is 0 Å². The molecule has 1 aromatic carbocycles. The highest BCUT2D eigenvalue weighted by atomic mass is 16.5. The van der Waals surface area contributed by atoms with Crippen molar-refractivity contribution in [3.8, 4) is 18.1 Å². The van der Waals surface area contributed by atoms with Gasteiger partial charge >= 0.3 is 0 Å². The summed E-state index contributed by atoms with van der Waals surface area (Å²) in [5.41, 5.74) is 0.903. The first-order valence-corrected chi connectivity index (χ1v) is 4.62. The third-order valence-electron chi connectivity index (χ3n) is 1.97. The summed E-state index contributed by atoms with van der Waals surface area (Å²) in [7, 11) is 0. The first-order valence-electron chi connectivity index (χ1n) is 4.62. The molecule has 1 rings (SSSR count). The Balaban J connectivity index is 2.64. The maximum Gasteiger partial charge on any atom is 0.148 e. The number of hydrogen-bond acceptors (Lipinski definition) is 2. The molecule has 0 saturated heterocycles. The number of aliphatic hydroxyl groups excluding tert-OH is 1. The van der Waals surface area contributed by atoms with E-state index in [0.717, 1.165) is 11.3 Å². The normalized spacial score (nSPS) is 11.8. The summed E-state index contributed by atoms with van der Waals surface area (Å²) in [6.07, 6.45) is 5.38. The van der Waals surface area contributed by atoms with E-state index in [-0.39, 0.29) is 6.61 Å². The summed E-state index contributed by atoms with van der Waals surface area (Å²) in [5, 5.41) is 9.52. The maximum atomic E-state index is 9.52. The number of rotatable bonds is 4. The van der Waals surface area contributed by atoms with Crippen LogP contribution in [0.5, 0.6) is 5.75 Å². The van der Waals surface area contributed by atoms with Gasteiger partial charge in [-0.25, -0.2) is 0 Å². The Hall–Kier alpha value is -1.46. The molecule has 0 fully saturated rings. The lowest BCUT2D eigenvalue weighted by molar-refractivity contribution is 0.173. The third-order valence-corrected chi connectivity index (χ3v) is 1.97. The van der Waals surface area contributed by atoms with Crippen LogP contribution < -0.4 is 4.74 Å². The van der Waals surface area contributed by atoms with Crippen LogP contribution in [0.1, 0.15) is 25.0 Å². The second-order valence-corrected chi connectivity index (χ2v) is 2.99. The van der Waals surface area contributed by atoms with Gasteiger partial charge < -0.3 is 9.84 Å². The summed E-state index contributed by atoms with van der Waals surface area (Å²) in [6.45, 7) is 2.21. The number of benzene rings is 1. The van der Waals surface area contributed by atoms with Crippen molar-refractivity contribution in [3.05, 3.63) is 29.8 Å². The van der Waals surface area contributed by atoms with Crippen LogP contribution in [0.2, 0.25) is 0 Å². The zero-order valence-electron chi connectivity index (χ0n) is 8.23. The Bertz CT molecular complexity index is 308. The van der Waals surface area contributed by atoms with Crippen molar-refractivity contribution in [1.82, 2.24) is 0 Å². The van der Waals surface area contributed by atoms with Gasteiger partial charge in [0, 0.05) is 0 Å². The highest BCUT2D eigenvalue weighted by Crippen LogP contribution is 2.19. The molecule has 0 aliphatic carbocycles. The molecule has 0 radical (unpaired) electrons. The zero-order valence-corrected chi connectivity index (χ0v) is 8.23. The number of aliphatic hydroxyl groups is 1. The molecule has 74 valence electrons. The summed E-state index contributed by atoms with van der Waals surface area (Å²) in [5.74, 6) is 3.12. The Labute approximate surface area is 84.5 Å². The molecule has 2 heteroatoms. The van der Waals surface area contributed by atoms with E-state index in [2.05, 4.69) is 5.92 Å². The van der Waals surface area contributed by atoms with E-state index in [9.17, 15) is 5.11 Å². The lowest BCUT2D eigenvalue weighted by Crippen LogP contribution is -1.96. The predicted molar refractivity (Wildman–Crippen MR) is 56.0 cm³/mol. The largest absolute Gasteiger partial charge is 0.481 e. The average Bonchev–Trinajstić information content (AvgIpc) is 2.26. The van der Waals surface area contributed by atoms with E-state index in [4.69, 9.17) is 11.2 Å². The Morgan fingerprint density at radius 1 is 1.43 bits per heavy atom. The highest BCUT2D eigenvalue weighted by molar-refractivity contribution is 5.28. The van der Waals surface area contributed by atoms with Crippen molar-refractivity contribution >= 4 is 0 Å². The van der Waals surface area contributed by atoms with Crippen LogP contribution in [0.3, 0.4) is 0 Å². The van der Waals surface area contributed by atoms with Gasteiger partial charge in [-0.2, -0.15) is 0 Å². The van der Waals surface area contributed by atoms with E-state index in [1.165, 1.54) is 0 Å². The monoisotopic (exact) mass is 190 g/mol. The molecule has 0 spiro atoms. The van der Waals surface area contributed by atoms with Gasteiger partial charge in [-0.1, -0.05) is 25.0 Å². The van der Waals surface area contributed by atoms with Crippen LogP contribution in [-0.4, -0.2) is 11.7 Å². The molecule has 1 atom stereocenters. The predicted octanol–water partition coefficient (Wildman–Crippen LogP) is 2.14. The molecule has 0 amide bonds. The van der Waals surface area contributed by atoms with E-state index in [1.54, 1.807) is 0 Å². The molecule has 2 nitrogen and oxygen atoms in total. The summed E-state index contributed by atoms with van der Waals surface area (Å²) >= 11 is 0. The molecular weight excluding hydrogens is 176 g/mol. The maximum absolute atomic E-state index is 9.52. The van der Waals surface area contributed by atoms with Crippen LogP contribution in [0, 0.1) is 12.3 Å². The third kappa shape index (κ3) is 2.79. The number of terminal acetylenes is 1. The molecule has 1 N–H and O–H groups in total. The van der Waals surface area contributed by atoms with Crippen molar-refractivity contribution in [2.75, 3.05) is 6.61 Å². The average molecular weight is 190 g/mol. The standard InChI is InChI=1S/C12H14O2/c1-3-9-14-11-7-5-10(6-8-11)12(13)4-2/h1,5-8,12-13H,4,9H2,2H3/t12-/m1/s1. The van der Waals surface area contributed by atoms with Gasteiger partial charge in [-0.05, 0) is 24.1 Å². The van der Waals surface area contributed by atoms with Gasteiger partial charge in [0.05, 0.1) is 6.10 Å². The van der Waals surface area contributed by atoms with Crippen molar-refractivity contribution in [2.24, 2.45) is 0 Å². The van der Waals surface area contributed by atoms with Crippen LogP contribution in [0.4, 0.5) is 0 Å². The molecule has 1 aromatic rings. The van der Waals surface area contributed by atoms with E-state index < -0.39 is 6.10 Å². The molecule has 0 aliphatic rings. The van der Waals surface area contributed by atoms with Gasteiger partial charge in [-0.3, -0.25) is 0 Å². The smallest absolute Gasteiger partial charge is 0.148 e. The quantitative estimate of drug-likeness (QED) is 0.737. The fourth-order valence-corrected chi connectivity index (χ4v) is 1.15. The minimum absolute atomic E-state index is 0.273. The van der Waals surface area contributed by atoms with Gasteiger partial charge in [-0.15, -0.1) is 6.42 Å². The molecule has 0 bridgehead atoms. The summed E-state index contributed by atoms with van der Waals surface area (Å²) in [6, 6.07) is 7.32. The minimum Gasteiger partial charge on any atom is -0.481 e. The molecule has 0 saturated carbocycles. The number of ether oxygens (including phenoxy) is 1. The second kappa shape index (κ2) is 5.31. The topological polar surface area (TPSA) is 29.5 Å². The van der Waals surface area contributed by atoms with Crippen molar-refractivity contribution < 1.29 is 9.84 Å². The van der Waals surface area contributed by atoms with Gasteiger partial charge in [0.2, 0.25) is 0 Å². The lowest BCUT2D eigenvalue weighted by atomic mass is 10.1. The van der Waals surface area contributed by atoms with Crippen molar-refractivity contribution in [3.63, 3.8) is 0 Å². The van der Waals surface area contributed by atoms with E-state index in [1.807, 2.05) is 31.2 Å². The highest BCUT2D eigenvalue weighted by Gasteiger charge is 2.03. The minimum atomic E-state index is -0.392. The Morgan fingerprint density at radius 3 is 2.57 bits per heavy atom. The van der Waals surface area contributed by atoms with Crippen LogP contribution in [0.25, 0.3) is 0 Å². The summed E-state index contributed by atoms with van der Waals surface area (Å²) < 4.78 is 5.21. The molecule has 0 unspecified atom stereocenters. The molecule has 0 aliphatic heterocycles. The molecule has 0 heterocycles. The molecule has 14 heavy (non-hydrogen) atoms. The van der Waals surface area contributed by atoms with Gasteiger partial charge in [0.1, 0.15) is 12.4 Å². The molecular formula is C12H14O2. The van der Waals surface area contributed by atoms with E-state index in [0.29, 0.717) is 6.42 Å². The second-order valence-electron chi connectivity index (χ2n) is 2.99. The first kappa shape index (κ1) is 10.6. The number of hydrogen-bond donors (Lipinski definition) is 1. The van der Waals surface area contributed by atoms with Gasteiger partial charge in [0.15, 0.2) is 0 Å². The van der Waals surface area contributed by atoms with Crippen molar-refractivity contribution in [2.45, 2.75) is 19.4 Å². The van der Waals surface area contributed by atoms with Gasteiger partial charge in [0.25, 0.3) is 0 Å². The first-order chi connectivity index (χ1) is 6.77. The van der Waals surface area contributed by atoms with Crippen LogP contribution >= 0.6 is 0 Å². The fraction of sp³-hybridized carbons (Fsp3) is 0.333.